The third-order valence-corrected chi connectivity index (χ3v) is 5.64. The SMILES string of the molecule is COc1cc(C=NNC(=O)CC(=O)Nc2ccc(Cl)cc2)cc(Br)c1OCc1ccccc1Cl. The molecule has 0 saturated carbocycles. The summed E-state index contributed by atoms with van der Waals surface area (Å²) in [5.74, 6) is -0.0630. The number of hydrazone groups is 1. The minimum Gasteiger partial charge on any atom is -0.493 e. The monoisotopic (exact) mass is 563 g/mol. The number of hydrogen-bond donors (Lipinski definition) is 2. The van der Waals surface area contributed by atoms with E-state index in [0.717, 1.165) is 5.56 Å². The Morgan fingerprint density at radius 3 is 2.50 bits per heavy atom. The first-order chi connectivity index (χ1) is 16.4. The number of benzene rings is 3. The summed E-state index contributed by atoms with van der Waals surface area (Å²) in [7, 11) is 1.52. The van der Waals surface area contributed by atoms with Crippen LogP contribution in [0.25, 0.3) is 0 Å². The molecule has 176 valence electrons. The van der Waals surface area contributed by atoms with Crippen LogP contribution >= 0.6 is 39.1 Å². The van der Waals surface area contributed by atoms with Crippen molar-refractivity contribution >= 4 is 62.8 Å². The van der Waals surface area contributed by atoms with E-state index >= 15 is 0 Å². The van der Waals surface area contributed by atoms with Crippen LogP contribution in [0.3, 0.4) is 0 Å². The van der Waals surface area contributed by atoms with Gasteiger partial charge in [-0.1, -0.05) is 41.4 Å². The van der Waals surface area contributed by atoms with Crippen molar-refractivity contribution in [2.75, 3.05) is 12.4 Å². The van der Waals surface area contributed by atoms with Gasteiger partial charge in [-0.3, -0.25) is 9.59 Å². The van der Waals surface area contributed by atoms with E-state index in [1.165, 1.54) is 13.3 Å². The van der Waals surface area contributed by atoms with Crippen molar-refractivity contribution in [1.82, 2.24) is 5.43 Å². The number of carbonyl (C=O) groups is 2. The topological polar surface area (TPSA) is 89.0 Å². The number of carbonyl (C=O) groups excluding carboxylic acids is 2. The molecule has 0 fully saturated rings. The van der Waals surface area contributed by atoms with Crippen LogP contribution in [-0.2, 0) is 16.2 Å². The summed E-state index contributed by atoms with van der Waals surface area (Å²) in [6.45, 7) is 0.260. The van der Waals surface area contributed by atoms with Crippen LogP contribution in [-0.4, -0.2) is 25.1 Å². The standard InChI is InChI=1S/C24H20BrCl2N3O4/c1-33-21-11-15(10-19(25)24(21)34-14-16-4-2-3-5-20(16)27)13-28-30-23(32)12-22(31)29-18-8-6-17(26)7-9-18/h2-11,13H,12,14H2,1H3,(H,29,31)(H,30,32). The van der Waals surface area contributed by atoms with Crippen molar-refractivity contribution in [3.8, 4) is 11.5 Å². The van der Waals surface area contributed by atoms with Gasteiger partial charge in [-0.2, -0.15) is 5.10 Å². The molecule has 0 unspecified atom stereocenters. The fraction of sp³-hybridized carbons (Fsp3) is 0.125. The van der Waals surface area contributed by atoms with Crippen LogP contribution in [0.1, 0.15) is 17.5 Å². The smallest absolute Gasteiger partial charge is 0.249 e. The molecule has 34 heavy (non-hydrogen) atoms. The zero-order valence-corrected chi connectivity index (χ0v) is 21.1. The molecule has 0 aromatic heterocycles. The molecule has 2 N–H and O–H groups in total. The number of halogens is 3. The van der Waals surface area contributed by atoms with Crippen LogP contribution in [0.2, 0.25) is 10.0 Å². The van der Waals surface area contributed by atoms with Gasteiger partial charge >= 0.3 is 0 Å². The molecule has 2 amide bonds. The lowest BCUT2D eigenvalue weighted by Gasteiger charge is -2.14. The molecule has 0 spiro atoms. The third-order valence-electron chi connectivity index (χ3n) is 4.43. The highest BCUT2D eigenvalue weighted by Gasteiger charge is 2.13. The Balaban J connectivity index is 1.57. The fourth-order valence-electron chi connectivity index (χ4n) is 2.82. The van der Waals surface area contributed by atoms with Crippen molar-refractivity contribution in [3.63, 3.8) is 0 Å². The second-order valence-corrected chi connectivity index (χ2v) is 8.64. The van der Waals surface area contributed by atoms with Gasteiger partial charge in [-0.25, -0.2) is 5.43 Å². The van der Waals surface area contributed by atoms with Crippen LogP contribution in [0.5, 0.6) is 11.5 Å². The molecule has 10 heteroatoms. The summed E-state index contributed by atoms with van der Waals surface area (Å²) in [4.78, 5) is 24.0. The minimum absolute atomic E-state index is 0.260. The lowest BCUT2D eigenvalue weighted by molar-refractivity contribution is -0.126. The van der Waals surface area contributed by atoms with E-state index in [1.54, 1.807) is 42.5 Å². The molecule has 0 aliphatic carbocycles. The van der Waals surface area contributed by atoms with E-state index < -0.39 is 11.8 Å². The average Bonchev–Trinajstić information content (AvgIpc) is 2.80. The number of nitrogens with zero attached hydrogens (tertiary/aromatic N) is 1. The summed E-state index contributed by atoms with van der Waals surface area (Å²) in [5.41, 5.74) is 4.35. The molecular weight excluding hydrogens is 545 g/mol. The zero-order valence-electron chi connectivity index (χ0n) is 18.0. The van der Waals surface area contributed by atoms with Crippen molar-refractivity contribution < 1.29 is 19.1 Å². The molecule has 0 heterocycles. The number of methoxy groups -OCH3 is 1. The van der Waals surface area contributed by atoms with Crippen LogP contribution in [0.15, 0.2) is 70.2 Å². The van der Waals surface area contributed by atoms with Gasteiger partial charge in [0.1, 0.15) is 13.0 Å². The zero-order chi connectivity index (χ0) is 24.5. The minimum atomic E-state index is -0.562. The van der Waals surface area contributed by atoms with E-state index in [1.807, 2.05) is 18.2 Å². The lowest BCUT2D eigenvalue weighted by atomic mass is 10.2. The molecule has 0 atom stereocenters. The molecule has 0 aliphatic heterocycles. The van der Waals surface area contributed by atoms with E-state index in [4.69, 9.17) is 32.7 Å². The predicted octanol–water partition coefficient (Wildman–Crippen LogP) is 5.82. The second kappa shape index (κ2) is 12.4. The predicted molar refractivity (Wildman–Crippen MR) is 137 cm³/mol. The Morgan fingerprint density at radius 2 is 1.79 bits per heavy atom. The molecule has 0 aliphatic rings. The Labute approximate surface area is 215 Å². The van der Waals surface area contributed by atoms with Crippen molar-refractivity contribution in [1.29, 1.82) is 0 Å². The highest BCUT2D eigenvalue weighted by molar-refractivity contribution is 9.10. The maximum Gasteiger partial charge on any atom is 0.249 e. The lowest BCUT2D eigenvalue weighted by Crippen LogP contribution is -2.24. The van der Waals surface area contributed by atoms with Gasteiger partial charge in [0.2, 0.25) is 11.8 Å². The average molecular weight is 565 g/mol. The number of nitrogens with one attached hydrogen (secondary N) is 2. The summed E-state index contributed by atoms with van der Waals surface area (Å²) in [6.07, 6.45) is 1.04. The summed E-state index contributed by atoms with van der Waals surface area (Å²) >= 11 is 15.5. The van der Waals surface area contributed by atoms with Gasteiger partial charge < -0.3 is 14.8 Å². The van der Waals surface area contributed by atoms with Crippen molar-refractivity contribution in [2.45, 2.75) is 13.0 Å². The van der Waals surface area contributed by atoms with E-state index in [0.29, 0.717) is 37.3 Å². The number of rotatable bonds is 9. The first-order valence-corrected chi connectivity index (χ1v) is 11.5. The summed E-state index contributed by atoms with van der Waals surface area (Å²) in [5, 5.41) is 7.68. The van der Waals surface area contributed by atoms with Gasteiger partial charge in [0.05, 0.1) is 17.8 Å². The normalized spacial score (nSPS) is 10.7. The highest BCUT2D eigenvalue weighted by atomic mass is 79.9. The molecule has 3 aromatic carbocycles. The number of amides is 2. The molecule has 0 radical (unpaired) electrons. The summed E-state index contributed by atoms with van der Waals surface area (Å²) < 4.78 is 12.0. The molecule has 7 nitrogen and oxygen atoms in total. The molecular formula is C24H20BrCl2N3O4. The number of anilines is 1. The quantitative estimate of drug-likeness (QED) is 0.195. The van der Waals surface area contributed by atoms with Crippen molar-refractivity contribution in [3.05, 3.63) is 86.3 Å². The molecule has 0 bridgehead atoms. The van der Waals surface area contributed by atoms with Gasteiger partial charge in [0, 0.05) is 21.3 Å². The second-order valence-electron chi connectivity index (χ2n) is 6.94. The fourth-order valence-corrected chi connectivity index (χ4v) is 3.71. The Hall–Kier alpha value is -3.07. The highest BCUT2D eigenvalue weighted by Crippen LogP contribution is 2.37. The number of ether oxygens (including phenoxy) is 2. The van der Waals surface area contributed by atoms with Crippen LogP contribution in [0.4, 0.5) is 5.69 Å². The largest absolute Gasteiger partial charge is 0.493 e. The molecule has 3 aromatic rings. The maximum atomic E-state index is 12.0. The third kappa shape index (κ3) is 7.48. The van der Waals surface area contributed by atoms with E-state index in [9.17, 15) is 9.59 Å². The Morgan fingerprint density at radius 1 is 1.06 bits per heavy atom. The van der Waals surface area contributed by atoms with Gasteiger partial charge in [-0.15, -0.1) is 0 Å². The molecule has 0 saturated heterocycles. The first-order valence-electron chi connectivity index (χ1n) is 9.96. The molecule has 3 rings (SSSR count). The Kier molecular flexibility index (Phi) is 9.33. The number of hydrogen-bond acceptors (Lipinski definition) is 5. The van der Waals surface area contributed by atoms with E-state index in [-0.39, 0.29) is 13.0 Å². The van der Waals surface area contributed by atoms with Crippen molar-refractivity contribution in [2.24, 2.45) is 5.10 Å². The van der Waals surface area contributed by atoms with Gasteiger partial charge in [0.15, 0.2) is 11.5 Å². The first kappa shape index (κ1) is 25.6. The maximum absolute atomic E-state index is 12.0. The van der Waals surface area contributed by atoms with Gasteiger partial charge in [0.25, 0.3) is 0 Å². The van der Waals surface area contributed by atoms with Crippen LogP contribution in [0, 0.1) is 0 Å². The summed E-state index contributed by atoms with van der Waals surface area (Å²) in [6, 6.07) is 17.4. The van der Waals surface area contributed by atoms with Crippen LogP contribution < -0.4 is 20.2 Å². The Bertz CT molecular complexity index is 1200. The van der Waals surface area contributed by atoms with E-state index in [2.05, 4.69) is 31.8 Å². The van der Waals surface area contributed by atoms with Gasteiger partial charge in [-0.05, 0) is 64.0 Å².